The molecule has 0 bridgehead atoms. The lowest BCUT2D eigenvalue weighted by Crippen LogP contribution is -2.09. The minimum Gasteiger partial charge on any atom is -0.296 e. The molecule has 4 heteroatoms. The smallest absolute Gasteiger partial charge is 0.296 e. The Morgan fingerprint density at radius 2 is 1.82 bits per heavy atom. The number of halogens is 3. The first-order valence-electron chi connectivity index (χ1n) is 5.27. The first-order valence-corrected chi connectivity index (χ1v) is 10.2. The van der Waals surface area contributed by atoms with Crippen LogP contribution in [-0.4, -0.2) is 18.2 Å². The zero-order valence-corrected chi connectivity index (χ0v) is 12.8. The first kappa shape index (κ1) is 13.3. The van der Waals surface area contributed by atoms with E-state index < -0.39 is 0 Å². The summed E-state index contributed by atoms with van der Waals surface area (Å²) >= 11 is 9.37. The molecule has 0 aromatic heterocycles. The fraction of sp³-hybridized carbons (Fsp3) is 0.0769. The van der Waals surface area contributed by atoms with E-state index >= 15 is 0 Å². The van der Waals surface area contributed by atoms with E-state index in [0.717, 1.165) is 22.6 Å². The van der Waals surface area contributed by atoms with E-state index in [1.807, 2.05) is 6.07 Å². The highest BCUT2D eigenvalue weighted by molar-refractivity contribution is 9.23. The van der Waals surface area contributed by atoms with Gasteiger partial charge in [0.2, 0.25) is 0 Å². The van der Waals surface area contributed by atoms with Crippen LogP contribution in [0.4, 0.5) is 4.39 Å². The van der Waals surface area contributed by atoms with Crippen LogP contribution >= 0.6 is 24.5 Å². The monoisotopic (exact) mass is 322 g/mol. The van der Waals surface area contributed by atoms with Gasteiger partial charge in [-0.3, -0.25) is 12.9 Å². The summed E-state index contributed by atoms with van der Waals surface area (Å²) in [5, 5.41) is 0.771. The molecule has 0 aliphatic heterocycles. The van der Waals surface area contributed by atoms with Gasteiger partial charge in [0.1, 0.15) is 5.82 Å². The molecule has 2 aromatic rings. The molecule has 0 nitrogen and oxygen atoms in total. The molecule has 0 saturated heterocycles. The Hall–Kier alpha value is -0.0938. The number of benzene rings is 2. The van der Waals surface area contributed by atoms with Crippen molar-refractivity contribution < 1.29 is 4.39 Å². The summed E-state index contributed by atoms with van der Waals surface area (Å²) in [6.07, 6.45) is 0.744. The summed E-state index contributed by atoms with van der Waals surface area (Å²) in [5.41, 5.74) is 2.17. The molecule has 17 heavy (non-hydrogen) atoms. The molecule has 2 rings (SSSR count). The Morgan fingerprint density at radius 1 is 1.12 bits per heavy atom. The van der Waals surface area contributed by atoms with E-state index in [1.54, 1.807) is 12.1 Å². The fourth-order valence-electron chi connectivity index (χ4n) is 1.67. The lowest BCUT2D eigenvalue weighted by Gasteiger charge is -2.07. The maximum Gasteiger partial charge on any atom is 0.506 e. The molecule has 0 saturated carbocycles. The van der Waals surface area contributed by atoms with Gasteiger partial charge in [-0.1, -0.05) is 35.9 Å². The van der Waals surface area contributed by atoms with E-state index in [-0.39, 0.29) is 24.0 Å². The third-order valence-corrected chi connectivity index (χ3v) is 5.63. The zero-order chi connectivity index (χ0) is 12.3. The average Bonchev–Trinajstić information content (AvgIpc) is 2.35. The quantitative estimate of drug-likeness (QED) is 0.755. The number of rotatable bonds is 3. The SMILES string of the molecule is Fc1ccc(Cc2c[c]([Mg][Br])ccc2Cl)cc1. The molecule has 84 valence electrons. The topological polar surface area (TPSA) is 0 Å². The molecular weight excluding hydrogens is 315 g/mol. The van der Waals surface area contributed by atoms with Crippen LogP contribution in [0.2, 0.25) is 5.02 Å². The minimum absolute atomic E-state index is 0.207. The van der Waals surface area contributed by atoms with Gasteiger partial charge in [-0.2, -0.15) is 3.69 Å². The molecule has 0 aliphatic carbocycles. The van der Waals surface area contributed by atoms with Crippen LogP contribution in [-0.2, 0) is 6.42 Å². The summed E-state index contributed by atoms with van der Waals surface area (Å²) in [6, 6.07) is 12.7. The summed E-state index contributed by atoms with van der Waals surface area (Å²) in [4.78, 5) is 0. The zero-order valence-electron chi connectivity index (χ0n) is 9.09. The lowest BCUT2D eigenvalue weighted by molar-refractivity contribution is 0.627. The highest BCUT2D eigenvalue weighted by Gasteiger charge is 2.04. The van der Waals surface area contributed by atoms with Gasteiger partial charge in [-0.25, -0.2) is 4.39 Å². The van der Waals surface area contributed by atoms with Crippen LogP contribution in [0.5, 0.6) is 0 Å². The van der Waals surface area contributed by atoms with E-state index in [2.05, 4.69) is 25.0 Å². The van der Waals surface area contributed by atoms with E-state index in [1.165, 1.54) is 15.8 Å². The maximum absolute atomic E-state index is 12.8. The van der Waals surface area contributed by atoms with Crippen molar-refractivity contribution in [3.05, 3.63) is 64.4 Å². The highest BCUT2D eigenvalue weighted by Crippen LogP contribution is 2.18. The molecule has 0 amide bonds. The second-order valence-corrected chi connectivity index (χ2v) is 7.04. The van der Waals surface area contributed by atoms with Crippen LogP contribution in [0.3, 0.4) is 0 Å². The van der Waals surface area contributed by atoms with Crippen molar-refractivity contribution in [3.8, 4) is 0 Å². The third-order valence-electron chi connectivity index (χ3n) is 2.57. The van der Waals surface area contributed by atoms with Gasteiger partial charge in [0.05, 0.1) is 0 Å². The molecule has 0 fully saturated rings. The predicted octanol–water partition coefficient (Wildman–Crippen LogP) is 3.71. The van der Waals surface area contributed by atoms with Crippen LogP contribution < -0.4 is 3.69 Å². The van der Waals surface area contributed by atoms with Crippen molar-refractivity contribution >= 4 is 46.4 Å². The van der Waals surface area contributed by atoms with Gasteiger partial charge in [0.15, 0.2) is 0 Å². The molecule has 0 atom stereocenters. The molecule has 0 spiro atoms. The van der Waals surface area contributed by atoms with Crippen LogP contribution in [0, 0.1) is 5.82 Å². The molecular formula is C13H9BrClFMg. The summed E-state index contributed by atoms with van der Waals surface area (Å²) < 4.78 is 14.1. The van der Waals surface area contributed by atoms with Gasteiger partial charge in [-0.15, -0.1) is 0 Å². The van der Waals surface area contributed by atoms with E-state index in [0.29, 0.717) is 0 Å². The predicted molar refractivity (Wildman–Crippen MR) is 75.0 cm³/mol. The van der Waals surface area contributed by atoms with Crippen LogP contribution in [0.1, 0.15) is 11.1 Å². The van der Waals surface area contributed by atoms with Crippen molar-refractivity contribution in [1.82, 2.24) is 0 Å². The number of hydrogen-bond acceptors (Lipinski definition) is 0. The van der Waals surface area contributed by atoms with Gasteiger partial charge >= 0.3 is 18.2 Å². The maximum atomic E-state index is 12.8. The second-order valence-electron chi connectivity index (χ2n) is 3.86. The Balaban J connectivity index is 2.25. The van der Waals surface area contributed by atoms with Crippen molar-refractivity contribution in [2.24, 2.45) is 0 Å². The Bertz CT molecular complexity index is 513. The standard InChI is InChI=1S/C13H9ClF.BrH.Mg/c14-13-4-2-1-3-11(13)9-10-5-7-12(15)8-6-10;;/h2-8H,9H2;1H;/q;;+1/p-1. The second kappa shape index (κ2) is 6.18. The molecule has 0 radical (unpaired) electrons. The van der Waals surface area contributed by atoms with Gasteiger partial charge in [0, 0.05) is 5.02 Å². The first-order chi connectivity index (χ1) is 8.19. The van der Waals surface area contributed by atoms with Crippen LogP contribution in [0.15, 0.2) is 42.5 Å². The molecule has 0 aliphatic rings. The third kappa shape index (κ3) is 3.68. The lowest BCUT2D eigenvalue weighted by atomic mass is 10.1. The van der Waals surface area contributed by atoms with Crippen molar-refractivity contribution in [1.29, 1.82) is 0 Å². The molecule has 0 heterocycles. The minimum atomic E-state index is -0.348. The van der Waals surface area contributed by atoms with Gasteiger partial charge < -0.3 is 0 Å². The van der Waals surface area contributed by atoms with Gasteiger partial charge in [-0.05, 0) is 35.7 Å². The van der Waals surface area contributed by atoms with Crippen molar-refractivity contribution in [2.45, 2.75) is 6.42 Å². The number of hydrogen-bond donors (Lipinski definition) is 0. The van der Waals surface area contributed by atoms with Crippen molar-refractivity contribution in [2.75, 3.05) is 0 Å². The molecule has 0 N–H and O–H groups in total. The fourth-order valence-corrected chi connectivity index (χ4v) is 3.43. The van der Waals surface area contributed by atoms with Crippen LogP contribution in [0.25, 0.3) is 0 Å². The van der Waals surface area contributed by atoms with E-state index in [9.17, 15) is 4.39 Å². The highest BCUT2D eigenvalue weighted by atomic mass is 79.9. The summed E-state index contributed by atoms with van der Waals surface area (Å²) in [6.45, 7) is 0. The summed E-state index contributed by atoms with van der Waals surface area (Å²) in [7, 11) is 0. The molecule has 0 unspecified atom stereocenters. The largest absolute Gasteiger partial charge is 0.506 e. The normalized spacial score (nSPS) is 10.1. The molecule has 2 aromatic carbocycles. The average molecular weight is 324 g/mol. The summed E-state index contributed by atoms with van der Waals surface area (Å²) in [5.74, 6) is -0.207. The Labute approximate surface area is 121 Å². The van der Waals surface area contributed by atoms with Crippen molar-refractivity contribution in [3.63, 3.8) is 0 Å². The Kier molecular flexibility index (Phi) is 4.85. The Morgan fingerprint density at radius 3 is 2.47 bits per heavy atom. The van der Waals surface area contributed by atoms with Gasteiger partial charge in [0.25, 0.3) is 0 Å². The van der Waals surface area contributed by atoms with E-state index in [4.69, 9.17) is 11.6 Å².